The minimum Gasteiger partial charge on any atom is -0.498 e. The first-order valence-corrected chi connectivity index (χ1v) is 6.23. The Kier molecular flexibility index (Phi) is 4.24. The van der Waals surface area contributed by atoms with Gasteiger partial charge in [0.25, 0.3) is 11.6 Å². The molecular weight excluding hydrogens is 260 g/mol. The van der Waals surface area contributed by atoms with Gasteiger partial charge in [0, 0.05) is 0 Å². The summed E-state index contributed by atoms with van der Waals surface area (Å²) in [4.78, 5) is 18.8. The number of allylic oxidation sites excluding steroid dienone is 2. The predicted molar refractivity (Wildman–Crippen MR) is 74.5 cm³/mol. The highest BCUT2D eigenvalue weighted by Gasteiger charge is 2.21. The average molecular weight is 276 g/mol. The third-order valence-corrected chi connectivity index (χ3v) is 2.69. The number of fused-ring (bicyclic) bond motifs is 1. The molecule has 1 aromatic rings. The number of nitrogens with zero attached hydrogens (tertiary/aromatic N) is 1. The lowest BCUT2D eigenvalue weighted by molar-refractivity contribution is 0.170. The molecule has 106 valence electrons. The van der Waals surface area contributed by atoms with Crippen LogP contribution in [0, 0.1) is 0 Å². The van der Waals surface area contributed by atoms with Crippen molar-refractivity contribution in [3.05, 3.63) is 47.2 Å². The molecule has 20 heavy (non-hydrogen) atoms. The van der Waals surface area contributed by atoms with Crippen molar-refractivity contribution in [3.8, 4) is 11.9 Å². The molecule has 0 saturated heterocycles. The molecular formula is C14H16N2O4. The Labute approximate surface area is 116 Å². The summed E-state index contributed by atoms with van der Waals surface area (Å²) in [5.74, 6) is 0.672. The maximum Gasteiger partial charge on any atom is 0.299 e. The first-order chi connectivity index (χ1) is 9.65. The van der Waals surface area contributed by atoms with Gasteiger partial charge in [-0.3, -0.25) is 9.78 Å². The van der Waals surface area contributed by atoms with E-state index in [2.05, 4.69) is 23.1 Å². The molecule has 0 bridgehead atoms. The summed E-state index contributed by atoms with van der Waals surface area (Å²) in [6, 6.07) is 0.0894. The molecule has 2 heterocycles. The van der Waals surface area contributed by atoms with E-state index in [1.165, 1.54) is 6.26 Å². The summed E-state index contributed by atoms with van der Waals surface area (Å²) in [6.07, 6.45) is 3.74. The fraction of sp³-hybridized carbons (Fsp3) is 0.286. The van der Waals surface area contributed by atoms with Crippen LogP contribution >= 0.6 is 0 Å². The third kappa shape index (κ3) is 2.90. The molecule has 0 fully saturated rings. The molecule has 1 N–H and O–H groups in total. The van der Waals surface area contributed by atoms with Gasteiger partial charge in [-0.25, -0.2) is 0 Å². The Morgan fingerprint density at radius 3 is 3.00 bits per heavy atom. The quantitative estimate of drug-likeness (QED) is 0.635. The highest BCUT2D eigenvalue weighted by atomic mass is 16.5. The molecule has 0 radical (unpaired) electrons. The molecule has 0 unspecified atom stereocenters. The summed E-state index contributed by atoms with van der Waals surface area (Å²) in [6.45, 7) is 9.66. The molecule has 1 aromatic heterocycles. The zero-order valence-corrected chi connectivity index (χ0v) is 11.3. The second-order valence-electron chi connectivity index (χ2n) is 4.03. The minimum absolute atomic E-state index is 0.0894. The van der Waals surface area contributed by atoms with Gasteiger partial charge in [-0.15, -0.1) is 0 Å². The van der Waals surface area contributed by atoms with Gasteiger partial charge < -0.3 is 14.2 Å². The van der Waals surface area contributed by atoms with E-state index in [0.29, 0.717) is 24.4 Å². The topological polar surface area (TPSA) is 73.4 Å². The van der Waals surface area contributed by atoms with Gasteiger partial charge in [0.1, 0.15) is 24.5 Å². The Morgan fingerprint density at radius 1 is 1.50 bits per heavy atom. The van der Waals surface area contributed by atoms with E-state index in [4.69, 9.17) is 14.2 Å². The van der Waals surface area contributed by atoms with Crippen LogP contribution in [0.15, 0.2) is 36.0 Å². The number of H-pyrrole nitrogens is 1. The van der Waals surface area contributed by atoms with E-state index in [-0.39, 0.29) is 24.1 Å². The molecule has 0 aromatic carbocycles. The van der Waals surface area contributed by atoms with Gasteiger partial charge in [0.15, 0.2) is 0 Å². The molecule has 1 aliphatic rings. The number of aromatic amines is 1. The van der Waals surface area contributed by atoms with Crippen molar-refractivity contribution < 1.29 is 14.2 Å². The van der Waals surface area contributed by atoms with Crippen LogP contribution in [0.4, 0.5) is 0 Å². The summed E-state index contributed by atoms with van der Waals surface area (Å²) in [5, 5.41) is 0. The fourth-order valence-corrected chi connectivity index (χ4v) is 1.83. The van der Waals surface area contributed by atoms with Crippen molar-refractivity contribution in [3.63, 3.8) is 0 Å². The first kappa shape index (κ1) is 13.9. The lowest BCUT2D eigenvalue weighted by Crippen LogP contribution is -2.20. The van der Waals surface area contributed by atoms with E-state index in [1.54, 1.807) is 6.08 Å². The van der Waals surface area contributed by atoms with Gasteiger partial charge in [-0.1, -0.05) is 20.1 Å². The number of aromatic nitrogens is 2. The zero-order valence-electron chi connectivity index (χ0n) is 11.3. The smallest absolute Gasteiger partial charge is 0.299 e. The molecule has 0 aliphatic carbocycles. The lowest BCUT2D eigenvalue weighted by Gasteiger charge is -2.17. The van der Waals surface area contributed by atoms with Crippen molar-refractivity contribution in [1.82, 2.24) is 9.97 Å². The van der Waals surface area contributed by atoms with Crippen LogP contribution in [0.1, 0.15) is 18.9 Å². The van der Waals surface area contributed by atoms with Crippen molar-refractivity contribution in [2.45, 2.75) is 13.3 Å². The highest BCUT2D eigenvalue weighted by molar-refractivity contribution is 5.72. The lowest BCUT2D eigenvalue weighted by atomic mass is 10.0. The number of ether oxygens (including phenoxy) is 3. The van der Waals surface area contributed by atoms with E-state index in [9.17, 15) is 4.79 Å². The molecule has 0 amide bonds. The summed E-state index contributed by atoms with van der Waals surface area (Å²) < 4.78 is 15.6. The molecule has 0 saturated carbocycles. The summed E-state index contributed by atoms with van der Waals surface area (Å²) >= 11 is 0. The fourth-order valence-electron chi connectivity index (χ4n) is 1.83. The Morgan fingerprint density at radius 2 is 2.30 bits per heavy atom. The standard InChI is InChI=1S/C14H16N2O4/c1-4-10-8-9(3)20-13-11(10)12(17)15-14(16-13)19-7-6-18-5-2/h5,8H,2-4,6-7H2,1H3,(H,15,16,17). The van der Waals surface area contributed by atoms with E-state index in [1.807, 2.05) is 6.92 Å². The first-order valence-electron chi connectivity index (χ1n) is 6.23. The van der Waals surface area contributed by atoms with E-state index in [0.717, 1.165) is 5.57 Å². The van der Waals surface area contributed by atoms with Crippen molar-refractivity contribution in [1.29, 1.82) is 0 Å². The third-order valence-electron chi connectivity index (χ3n) is 2.69. The van der Waals surface area contributed by atoms with Gasteiger partial charge in [0.2, 0.25) is 5.88 Å². The van der Waals surface area contributed by atoms with Crippen LogP contribution in [-0.2, 0) is 4.74 Å². The number of rotatable bonds is 6. The highest BCUT2D eigenvalue weighted by Crippen LogP contribution is 2.30. The van der Waals surface area contributed by atoms with E-state index < -0.39 is 0 Å². The Bertz CT molecular complexity index is 616. The molecule has 6 nitrogen and oxygen atoms in total. The second kappa shape index (κ2) is 6.10. The SMILES string of the molecule is C=COCCOc1nc2c(c(=O)[nH]1)C(CC)=CC(=C)O2. The minimum atomic E-state index is -0.296. The predicted octanol–water partition coefficient (Wildman–Crippen LogP) is 2.01. The van der Waals surface area contributed by atoms with Crippen LogP contribution in [0.25, 0.3) is 5.57 Å². The van der Waals surface area contributed by atoms with Gasteiger partial charge in [-0.2, -0.15) is 4.98 Å². The van der Waals surface area contributed by atoms with Crippen LogP contribution in [0.5, 0.6) is 11.9 Å². The Hall–Kier alpha value is -2.50. The maximum atomic E-state index is 12.1. The maximum absolute atomic E-state index is 12.1. The monoisotopic (exact) mass is 276 g/mol. The van der Waals surface area contributed by atoms with Gasteiger partial charge in [-0.05, 0) is 18.1 Å². The van der Waals surface area contributed by atoms with Gasteiger partial charge >= 0.3 is 0 Å². The average Bonchev–Trinajstić information content (AvgIpc) is 2.42. The van der Waals surface area contributed by atoms with Gasteiger partial charge in [0.05, 0.1) is 6.26 Å². The largest absolute Gasteiger partial charge is 0.498 e. The number of hydrogen-bond acceptors (Lipinski definition) is 5. The molecule has 0 atom stereocenters. The van der Waals surface area contributed by atoms with Crippen molar-refractivity contribution in [2.24, 2.45) is 0 Å². The van der Waals surface area contributed by atoms with Crippen LogP contribution in [-0.4, -0.2) is 23.2 Å². The zero-order chi connectivity index (χ0) is 14.5. The molecule has 1 aliphatic heterocycles. The summed E-state index contributed by atoms with van der Waals surface area (Å²) in [7, 11) is 0. The number of hydrogen-bond donors (Lipinski definition) is 1. The van der Waals surface area contributed by atoms with E-state index >= 15 is 0 Å². The normalized spacial score (nSPS) is 13.1. The second-order valence-corrected chi connectivity index (χ2v) is 4.03. The van der Waals surface area contributed by atoms with Crippen LogP contribution < -0.4 is 15.0 Å². The van der Waals surface area contributed by atoms with Crippen LogP contribution in [0.2, 0.25) is 0 Å². The molecule has 0 spiro atoms. The van der Waals surface area contributed by atoms with Crippen molar-refractivity contribution >= 4 is 5.57 Å². The number of nitrogens with one attached hydrogen (secondary N) is 1. The van der Waals surface area contributed by atoms with Crippen molar-refractivity contribution in [2.75, 3.05) is 13.2 Å². The van der Waals surface area contributed by atoms with Crippen LogP contribution in [0.3, 0.4) is 0 Å². The molecule has 2 rings (SSSR count). The summed E-state index contributed by atoms with van der Waals surface area (Å²) in [5.41, 5.74) is 0.969. The Balaban J connectivity index is 2.25. The molecule has 6 heteroatoms.